The van der Waals surface area contributed by atoms with E-state index in [0.29, 0.717) is 32.3 Å². The summed E-state index contributed by atoms with van der Waals surface area (Å²) in [6.07, 6.45) is 3.73. The van der Waals surface area contributed by atoms with Crippen molar-refractivity contribution >= 4 is 36.0 Å². The maximum Gasteiger partial charge on any atom is 0.409 e. The second-order valence-electron chi connectivity index (χ2n) is 7.15. The number of piperidine rings is 1. The molecule has 7 nitrogen and oxygen atoms in total. The predicted molar refractivity (Wildman–Crippen MR) is 132 cm³/mol. The van der Waals surface area contributed by atoms with Gasteiger partial charge in [-0.25, -0.2) is 9.79 Å². The molecule has 0 aliphatic carbocycles. The Balaban J connectivity index is 0.00000450. The van der Waals surface area contributed by atoms with Gasteiger partial charge in [-0.3, -0.25) is 0 Å². The fourth-order valence-electron chi connectivity index (χ4n) is 3.17. The number of nitrogens with zero attached hydrogens (tertiary/aromatic N) is 2. The van der Waals surface area contributed by atoms with Gasteiger partial charge >= 0.3 is 6.09 Å². The van der Waals surface area contributed by atoms with E-state index in [9.17, 15) is 4.79 Å². The van der Waals surface area contributed by atoms with Gasteiger partial charge in [-0.05, 0) is 50.8 Å². The lowest BCUT2D eigenvalue weighted by molar-refractivity contribution is 0.0963. The predicted octanol–water partition coefficient (Wildman–Crippen LogP) is 4.16. The number of halogens is 1. The van der Waals surface area contributed by atoms with Gasteiger partial charge in [0.15, 0.2) is 5.96 Å². The van der Waals surface area contributed by atoms with Crippen molar-refractivity contribution in [3.63, 3.8) is 0 Å². The minimum atomic E-state index is -0.215. The highest BCUT2D eigenvalue weighted by Gasteiger charge is 2.24. The monoisotopic (exact) mass is 532 g/mol. The first-order valence-corrected chi connectivity index (χ1v) is 10.8. The average molecular weight is 532 g/mol. The third-order valence-corrected chi connectivity index (χ3v) is 4.79. The van der Waals surface area contributed by atoms with Crippen molar-refractivity contribution in [2.24, 2.45) is 4.99 Å². The molecule has 170 valence electrons. The second-order valence-corrected chi connectivity index (χ2v) is 7.15. The highest BCUT2D eigenvalue weighted by Crippen LogP contribution is 2.15. The Bertz CT molecular complexity index is 649. The van der Waals surface area contributed by atoms with Gasteiger partial charge in [-0.15, -0.1) is 24.0 Å². The molecular formula is C22H37IN4O3. The summed E-state index contributed by atoms with van der Waals surface area (Å²) in [6.45, 7) is 10.00. The fourth-order valence-corrected chi connectivity index (χ4v) is 3.17. The summed E-state index contributed by atoms with van der Waals surface area (Å²) in [5.41, 5.74) is 1.12. The average Bonchev–Trinajstić information content (AvgIpc) is 2.73. The number of hydrogen-bond acceptors (Lipinski definition) is 4. The largest absolute Gasteiger partial charge is 0.494 e. The molecule has 1 saturated heterocycles. The molecule has 1 aliphatic heterocycles. The molecule has 0 spiro atoms. The maximum atomic E-state index is 11.8. The van der Waals surface area contributed by atoms with Gasteiger partial charge in [0, 0.05) is 25.7 Å². The van der Waals surface area contributed by atoms with E-state index in [4.69, 9.17) is 14.5 Å². The van der Waals surface area contributed by atoms with Crippen LogP contribution < -0.4 is 15.4 Å². The van der Waals surface area contributed by atoms with Crippen LogP contribution in [0.25, 0.3) is 0 Å². The highest BCUT2D eigenvalue weighted by molar-refractivity contribution is 14.0. The molecule has 1 fully saturated rings. The summed E-state index contributed by atoms with van der Waals surface area (Å²) < 4.78 is 10.9. The van der Waals surface area contributed by atoms with E-state index in [0.717, 1.165) is 56.1 Å². The van der Waals surface area contributed by atoms with E-state index >= 15 is 0 Å². The number of rotatable bonds is 9. The van der Waals surface area contributed by atoms with E-state index in [1.54, 1.807) is 4.90 Å². The number of carbonyl (C=O) groups is 1. The molecule has 1 aliphatic rings. The lowest BCUT2D eigenvalue weighted by Gasteiger charge is -2.32. The lowest BCUT2D eigenvalue weighted by Crippen LogP contribution is -2.49. The van der Waals surface area contributed by atoms with Crippen molar-refractivity contribution < 1.29 is 14.3 Å². The summed E-state index contributed by atoms with van der Waals surface area (Å²) in [5, 5.41) is 6.82. The number of aliphatic imine (C=N–C) groups is 1. The smallest absolute Gasteiger partial charge is 0.409 e. The van der Waals surface area contributed by atoms with Crippen molar-refractivity contribution in [1.29, 1.82) is 0 Å². The normalized spacial score (nSPS) is 14.6. The van der Waals surface area contributed by atoms with Crippen molar-refractivity contribution in [3.8, 4) is 5.75 Å². The number of benzene rings is 1. The first-order valence-electron chi connectivity index (χ1n) is 10.8. The zero-order chi connectivity index (χ0) is 20.9. The van der Waals surface area contributed by atoms with Crippen LogP contribution in [-0.2, 0) is 11.3 Å². The number of unbranched alkanes of at least 4 members (excludes halogenated alkanes) is 1. The SMILES string of the molecule is CCCCOc1cccc(CN=C(NCC)NC2CCN(C(=O)OCC)CC2)c1.I. The minimum Gasteiger partial charge on any atom is -0.494 e. The van der Waals surface area contributed by atoms with Crippen LogP contribution >= 0.6 is 24.0 Å². The minimum absolute atomic E-state index is 0. The number of guanidine groups is 1. The van der Waals surface area contributed by atoms with E-state index in [2.05, 4.69) is 36.6 Å². The van der Waals surface area contributed by atoms with Crippen LogP contribution in [-0.4, -0.2) is 55.8 Å². The molecule has 2 N–H and O–H groups in total. The van der Waals surface area contributed by atoms with Crippen LogP contribution in [0.5, 0.6) is 5.75 Å². The topological polar surface area (TPSA) is 75.2 Å². The van der Waals surface area contributed by atoms with Gasteiger partial charge in [0.25, 0.3) is 0 Å². The molecule has 0 saturated carbocycles. The number of likely N-dealkylation sites (tertiary alicyclic amines) is 1. The fraction of sp³-hybridized carbons (Fsp3) is 0.636. The first kappa shape index (κ1) is 26.3. The van der Waals surface area contributed by atoms with Crippen molar-refractivity contribution in [1.82, 2.24) is 15.5 Å². The first-order chi connectivity index (χ1) is 14.2. The van der Waals surface area contributed by atoms with Crippen LogP contribution in [0.1, 0.15) is 52.0 Å². The lowest BCUT2D eigenvalue weighted by atomic mass is 10.1. The van der Waals surface area contributed by atoms with E-state index in [-0.39, 0.29) is 30.1 Å². The molecule has 0 atom stereocenters. The molecular weight excluding hydrogens is 495 g/mol. The molecule has 1 amide bonds. The van der Waals surface area contributed by atoms with Crippen LogP contribution in [0.15, 0.2) is 29.3 Å². The Kier molecular flexibility index (Phi) is 13.3. The van der Waals surface area contributed by atoms with Crippen LogP contribution in [0.3, 0.4) is 0 Å². The van der Waals surface area contributed by atoms with Crippen molar-refractivity contribution in [2.45, 2.75) is 59.0 Å². The molecule has 0 bridgehead atoms. The maximum absolute atomic E-state index is 11.8. The summed E-state index contributed by atoms with van der Waals surface area (Å²) in [4.78, 5) is 18.3. The van der Waals surface area contributed by atoms with Gasteiger partial charge in [0.2, 0.25) is 0 Å². The Morgan fingerprint density at radius 1 is 1.23 bits per heavy atom. The summed E-state index contributed by atoms with van der Waals surface area (Å²) in [5.74, 6) is 1.70. The number of ether oxygens (including phenoxy) is 2. The Morgan fingerprint density at radius 2 is 2.00 bits per heavy atom. The molecule has 8 heteroatoms. The molecule has 0 aromatic heterocycles. The Morgan fingerprint density at radius 3 is 2.67 bits per heavy atom. The van der Waals surface area contributed by atoms with E-state index < -0.39 is 0 Å². The molecule has 2 rings (SSSR count). The second kappa shape index (κ2) is 15.1. The molecule has 30 heavy (non-hydrogen) atoms. The van der Waals surface area contributed by atoms with E-state index in [1.165, 1.54) is 0 Å². The molecule has 0 radical (unpaired) electrons. The summed E-state index contributed by atoms with van der Waals surface area (Å²) in [7, 11) is 0. The number of carbonyl (C=O) groups excluding carboxylic acids is 1. The quantitative estimate of drug-likeness (QED) is 0.216. The van der Waals surface area contributed by atoms with Crippen molar-refractivity contribution in [2.75, 3.05) is 32.8 Å². The number of amides is 1. The standard InChI is InChI=1S/C22H36N4O3.HI/c1-4-7-15-29-20-10-8-9-18(16-20)17-24-21(23-5-2)25-19-11-13-26(14-12-19)22(27)28-6-3;/h8-10,16,19H,4-7,11-15,17H2,1-3H3,(H2,23,24,25);1H. The Hall–Kier alpha value is -1.71. The molecule has 1 aromatic carbocycles. The van der Waals surface area contributed by atoms with Gasteiger partial charge < -0.3 is 25.0 Å². The number of hydrogen-bond donors (Lipinski definition) is 2. The van der Waals surface area contributed by atoms with Gasteiger partial charge in [-0.2, -0.15) is 0 Å². The van der Waals surface area contributed by atoms with Crippen LogP contribution in [0.4, 0.5) is 4.79 Å². The third-order valence-electron chi connectivity index (χ3n) is 4.79. The van der Waals surface area contributed by atoms with Gasteiger partial charge in [-0.1, -0.05) is 25.5 Å². The Labute approximate surface area is 198 Å². The zero-order valence-electron chi connectivity index (χ0n) is 18.5. The third kappa shape index (κ3) is 9.40. The molecule has 0 unspecified atom stereocenters. The number of nitrogens with one attached hydrogen (secondary N) is 2. The van der Waals surface area contributed by atoms with Crippen LogP contribution in [0.2, 0.25) is 0 Å². The van der Waals surface area contributed by atoms with Crippen LogP contribution in [0, 0.1) is 0 Å². The molecule has 1 heterocycles. The van der Waals surface area contributed by atoms with Crippen molar-refractivity contribution in [3.05, 3.63) is 29.8 Å². The van der Waals surface area contributed by atoms with Gasteiger partial charge in [0.05, 0.1) is 19.8 Å². The highest BCUT2D eigenvalue weighted by atomic mass is 127. The van der Waals surface area contributed by atoms with E-state index in [1.807, 2.05) is 19.1 Å². The van der Waals surface area contributed by atoms with Gasteiger partial charge in [0.1, 0.15) is 5.75 Å². The summed E-state index contributed by atoms with van der Waals surface area (Å²) in [6, 6.07) is 8.42. The summed E-state index contributed by atoms with van der Waals surface area (Å²) >= 11 is 0. The molecule has 1 aromatic rings. The zero-order valence-corrected chi connectivity index (χ0v) is 20.8.